The Morgan fingerprint density at radius 2 is 1.21 bits per heavy atom. The van der Waals surface area contributed by atoms with E-state index >= 15 is 0 Å². The molecule has 13 heteroatoms. The number of carbonyl (C=O) groups is 3. The number of amides is 3. The van der Waals surface area contributed by atoms with E-state index in [2.05, 4.69) is 25.9 Å². The summed E-state index contributed by atoms with van der Waals surface area (Å²) in [4.78, 5) is 49.7. The van der Waals surface area contributed by atoms with Crippen LogP contribution in [0.4, 0.5) is 4.79 Å². The molecule has 66 heavy (non-hydrogen) atoms. The van der Waals surface area contributed by atoms with Crippen molar-refractivity contribution >= 4 is 17.9 Å². The van der Waals surface area contributed by atoms with Crippen molar-refractivity contribution in [2.45, 2.75) is 134 Å². The van der Waals surface area contributed by atoms with Gasteiger partial charge in [-0.3, -0.25) is 9.59 Å². The van der Waals surface area contributed by atoms with Crippen molar-refractivity contribution in [2.75, 3.05) is 6.61 Å². The molecule has 1 aliphatic carbocycles. The molecular weight excluding hydrogens is 835 g/mol. The number of aliphatic hydroxyl groups excluding tert-OH is 1. The summed E-state index contributed by atoms with van der Waals surface area (Å²) in [6.07, 6.45) is 5.18. The van der Waals surface area contributed by atoms with Crippen LogP contribution in [-0.2, 0) is 61.2 Å². The minimum absolute atomic E-state index is 0.0296. The predicted molar refractivity (Wildman–Crippen MR) is 253 cm³/mol. The smallest absolute Gasteiger partial charge is 0.408 e. The van der Waals surface area contributed by atoms with Crippen LogP contribution in [0.25, 0.3) is 0 Å². The van der Waals surface area contributed by atoms with Gasteiger partial charge in [-0.05, 0) is 55.4 Å². The lowest BCUT2D eigenvalue weighted by molar-refractivity contribution is -0.161. The van der Waals surface area contributed by atoms with Crippen LogP contribution in [0.2, 0.25) is 0 Å². The summed E-state index contributed by atoms with van der Waals surface area (Å²) in [5.41, 5.74) is 3.36. The number of ether oxygens (including phenoxy) is 4. The van der Waals surface area contributed by atoms with E-state index in [0.717, 1.165) is 54.4 Å². The number of carbonyl (C=O) groups excluding carboxylic acids is 3. The highest BCUT2D eigenvalue weighted by atomic mass is 16.6. The molecule has 0 spiro atoms. The minimum atomic E-state index is -1.28. The van der Waals surface area contributed by atoms with Gasteiger partial charge >= 0.3 is 6.09 Å². The van der Waals surface area contributed by atoms with E-state index in [1.165, 1.54) is 6.33 Å². The molecule has 1 aromatic heterocycles. The second-order valence-electron chi connectivity index (χ2n) is 18.2. The van der Waals surface area contributed by atoms with Crippen LogP contribution in [-0.4, -0.2) is 81.6 Å². The molecule has 0 aliphatic heterocycles. The number of hydrogen-bond donors (Lipinski definition) is 5. The molecule has 0 saturated heterocycles. The molecule has 5 aromatic rings. The Labute approximate surface area is 389 Å². The van der Waals surface area contributed by atoms with E-state index < -0.39 is 59.9 Å². The third kappa shape index (κ3) is 16.8. The first-order valence-electron chi connectivity index (χ1n) is 23.2. The second kappa shape index (κ2) is 25.7. The summed E-state index contributed by atoms with van der Waals surface area (Å²) in [6.45, 7) is 6.04. The number of rotatable bonds is 24. The topological polar surface area (TPSA) is 173 Å². The fraction of sp³-hybridized carbons (Fsp3) is 0.434. The number of aliphatic hydroxyl groups is 1. The van der Waals surface area contributed by atoms with Crippen molar-refractivity contribution in [3.8, 4) is 0 Å². The lowest BCUT2D eigenvalue weighted by atomic mass is 9.82. The highest BCUT2D eigenvalue weighted by Gasteiger charge is 2.39. The van der Waals surface area contributed by atoms with Crippen LogP contribution < -0.4 is 16.0 Å². The molecule has 0 bridgehead atoms. The predicted octanol–water partition coefficient (Wildman–Crippen LogP) is 7.78. The van der Waals surface area contributed by atoms with Crippen molar-refractivity contribution in [1.82, 2.24) is 25.9 Å². The third-order valence-corrected chi connectivity index (χ3v) is 11.6. The summed E-state index contributed by atoms with van der Waals surface area (Å²) in [7, 11) is 0. The van der Waals surface area contributed by atoms with Crippen LogP contribution in [0.3, 0.4) is 0 Å². The standard InChI is InChI=1S/C53H67N5O8/c1-53(2,3)66-52(62)58-45(30-39-21-11-5-12-22-39)50(60)57-46(31-43-32-54-37-55-43)51(61)56-44(29-38-19-9-4-10-20-38)48(59)49(65-35-42-27-17-8-18-28-42)47(64-34-41-25-15-7-16-26-41)36-63-33-40-23-13-6-14-24-40/h5-8,11-18,21-28,32,37-38,44-49,59H,4,9-10,19-20,29-31,33-36H2,1-3H3,(H,54,55)(H,56,61)(H,57,60)(H,58,62)/t44-,45-,46-,47-,48+,49+/m0/s1. The Morgan fingerprint density at radius 3 is 1.77 bits per heavy atom. The largest absolute Gasteiger partial charge is 0.444 e. The Bertz CT molecular complexity index is 2150. The first-order chi connectivity index (χ1) is 32.0. The average Bonchev–Trinajstić information content (AvgIpc) is 3.84. The van der Waals surface area contributed by atoms with Gasteiger partial charge in [0.1, 0.15) is 36.0 Å². The SMILES string of the molecule is CC(C)(C)OC(=O)N[C@@H](Cc1ccccc1)C(=O)N[C@@H](Cc1c[nH]cn1)C(=O)N[C@@H](CC1CCCCC1)[C@@H](O)[C@H](OCc1ccccc1)[C@H](COCc1ccccc1)OCc1ccccc1. The lowest BCUT2D eigenvalue weighted by Crippen LogP contribution is -2.60. The molecule has 1 aliphatic rings. The molecule has 352 valence electrons. The molecule has 1 saturated carbocycles. The molecule has 1 fully saturated rings. The molecule has 4 aromatic carbocycles. The molecule has 3 amide bonds. The van der Waals surface area contributed by atoms with E-state index in [4.69, 9.17) is 18.9 Å². The fourth-order valence-electron chi connectivity index (χ4n) is 8.26. The van der Waals surface area contributed by atoms with Crippen LogP contribution in [0.5, 0.6) is 0 Å². The summed E-state index contributed by atoms with van der Waals surface area (Å²) >= 11 is 0. The molecule has 13 nitrogen and oxygen atoms in total. The second-order valence-corrected chi connectivity index (χ2v) is 18.2. The lowest BCUT2D eigenvalue weighted by Gasteiger charge is -2.37. The van der Waals surface area contributed by atoms with Gasteiger partial charge in [0.15, 0.2) is 0 Å². The Morgan fingerprint density at radius 1 is 0.682 bits per heavy atom. The van der Waals surface area contributed by atoms with Crippen LogP contribution in [0, 0.1) is 5.92 Å². The summed E-state index contributed by atoms with van der Waals surface area (Å²) in [5.74, 6) is -0.885. The highest BCUT2D eigenvalue weighted by molar-refractivity contribution is 5.91. The summed E-state index contributed by atoms with van der Waals surface area (Å²) in [6, 6.07) is 35.6. The van der Waals surface area contributed by atoms with Crippen LogP contribution in [0.15, 0.2) is 134 Å². The number of hydrogen-bond acceptors (Lipinski definition) is 9. The van der Waals surface area contributed by atoms with Gasteiger partial charge in [-0.2, -0.15) is 0 Å². The zero-order valence-electron chi connectivity index (χ0n) is 38.5. The van der Waals surface area contributed by atoms with Gasteiger partial charge in [0.05, 0.1) is 44.5 Å². The van der Waals surface area contributed by atoms with Crippen molar-refractivity contribution in [3.05, 3.63) is 162 Å². The van der Waals surface area contributed by atoms with Gasteiger partial charge < -0.3 is 45.0 Å². The van der Waals surface area contributed by atoms with Crippen LogP contribution >= 0.6 is 0 Å². The molecule has 6 rings (SSSR count). The first-order valence-corrected chi connectivity index (χ1v) is 23.2. The van der Waals surface area contributed by atoms with Gasteiger partial charge in [-0.1, -0.05) is 153 Å². The van der Waals surface area contributed by atoms with E-state index in [-0.39, 0.29) is 38.6 Å². The zero-order chi connectivity index (χ0) is 46.6. The van der Waals surface area contributed by atoms with E-state index in [9.17, 15) is 19.5 Å². The van der Waals surface area contributed by atoms with Crippen molar-refractivity contribution in [1.29, 1.82) is 0 Å². The monoisotopic (exact) mass is 901 g/mol. The number of aromatic amines is 1. The zero-order valence-corrected chi connectivity index (χ0v) is 38.5. The molecule has 1 heterocycles. The maximum absolute atomic E-state index is 14.9. The number of nitrogens with one attached hydrogen (secondary N) is 4. The number of imidazole rings is 1. The van der Waals surface area contributed by atoms with Crippen molar-refractivity contribution < 1.29 is 38.4 Å². The van der Waals surface area contributed by atoms with Gasteiger partial charge in [0.25, 0.3) is 0 Å². The third-order valence-electron chi connectivity index (χ3n) is 11.6. The van der Waals surface area contributed by atoms with Crippen molar-refractivity contribution in [2.24, 2.45) is 5.92 Å². The fourth-order valence-corrected chi connectivity index (χ4v) is 8.26. The number of nitrogens with zero attached hydrogens (tertiary/aromatic N) is 1. The Balaban J connectivity index is 1.30. The molecule has 6 atom stereocenters. The van der Waals surface area contributed by atoms with E-state index in [1.807, 2.05) is 121 Å². The average molecular weight is 902 g/mol. The quantitative estimate of drug-likeness (QED) is 0.0415. The Hall–Kier alpha value is -5.86. The number of aromatic nitrogens is 2. The Kier molecular flexibility index (Phi) is 19.3. The van der Waals surface area contributed by atoms with E-state index in [0.29, 0.717) is 18.7 Å². The molecule has 5 N–H and O–H groups in total. The summed E-state index contributed by atoms with van der Waals surface area (Å²) < 4.78 is 25.2. The molecule has 0 radical (unpaired) electrons. The maximum atomic E-state index is 14.9. The number of benzene rings is 4. The van der Waals surface area contributed by atoms with Gasteiger partial charge in [-0.25, -0.2) is 9.78 Å². The molecule has 0 unspecified atom stereocenters. The van der Waals surface area contributed by atoms with E-state index in [1.54, 1.807) is 27.0 Å². The number of alkyl carbamates (subject to hydrolysis) is 1. The maximum Gasteiger partial charge on any atom is 0.408 e. The van der Waals surface area contributed by atoms with Gasteiger partial charge in [0, 0.05) is 19.0 Å². The van der Waals surface area contributed by atoms with Crippen LogP contribution in [0.1, 0.15) is 87.2 Å². The highest BCUT2D eigenvalue weighted by Crippen LogP contribution is 2.30. The van der Waals surface area contributed by atoms with Crippen molar-refractivity contribution in [3.63, 3.8) is 0 Å². The molecular formula is C53H67N5O8. The summed E-state index contributed by atoms with van der Waals surface area (Å²) in [5, 5.41) is 21.7. The normalized spacial score (nSPS) is 15.9. The van der Waals surface area contributed by atoms with Gasteiger partial charge in [-0.15, -0.1) is 0 Å². The van der Waals surface area contributed by atoms with Gasteiger partial charge in [0.2, 0.25) is 11.8 Å². The number of H-pyrrole nitrogens is 1. The first kappa shape index (κ1) is 49.6. The minimum Gasteiger partial charge on any atom is -0.444 e.